The molecule has 0 atom stereocenters. The molecule has 8 N–H and O–H groups in total. The summed E-state index contributed by atoms with van der Waals surface area (Å²) in [5.41, 5.74) is 11.8. The predicted octanol–water partition coefficient (Wildman–Crippen LogP) is 3.04. The second-order valence-electron chi connectivity index (χ2n) is 6.61. The molecule has 0 fully saturated rings. The zero-order valence-electron chi connectivity index (χ0n) is 21.1. The predicted molar refractivity (Wildman–Crippen MR) is 150 cm³/mol. The van der Waals surface area contributed by atoms with Crippen LogP contribution in [0.3, 0.4) is 0 Å². The van der Waals surface area contributed by atoms with Crippen molar-refractivity contribution in [2.24, 2.45) is 21.6 Å². The molecule has 37 heavy (non-hydrogen) atoms. The standard InChI is InChI=1S/C16H17N3O3S.C6H7NO2S.C2H6.CH5N/c17-10-18-9-11-1-3-12(4-2-11)13-5-6-14(23-13)16(22)19-8-7-15(20)21;7-10(8,9)6-4-2-1-3-5-6;2*1-2/h1-6,10H,7-9H2,(H2,17,18)(H,19,22)(H,20,21);1-5H,(H2,7,8,9);1-2H3;2H2,1H3. The highest BCUT2D eigenvalue weighted by Crippen LogP contribution is 2.28. The van der Waals surface area contributed by atoms with Crippen LogP contribution in [-0.2, 0) is 21.4 Å². The zero-order chi connectivity index (χ0) is 28.3. The van der Waals surface area contributed by atoms with Gasteiger partial charge in [-0.3, -0.25) is 14.6 Å². The molecule has 0 spiro atoms. The van der Waals surface area contributed by atoms with Gasteiger partial charge in [0, 0.05) is 11.4 Å². The second kappa shape index (κ2) is 18.7. The fourth-order valence-corrected chi connectivity index (χ4v) is 3.99. The van der Waals surface area contributed by atoms with Gasteiger partial charge in [0.05, 0.1) is 29.1 Å². The van der Waals surface area contributed by atoms with Crippen molar-refractivity contribution >= 4 is 39.6 Å². The smallest absolute Gasteiger partial charge is 0.305 e. The van der Waals surface area contributed by atoms with Crippen LogP contribution in [0.15, 0.2) is 76.6 Å². The van der Waals surface area contributed by atoms with Crippen LogP contribution in [-0.4, -0.2) is 45.3 Å². The number of sulfonamides is 1. The fourth-order valence-electron chi connectivity index (χ4n) is 2.53. The molecule has 12 heteroatoms. The fraction of sp³-hybridized carbons (Fsp3) is 0.240. The number of carbonyl (C=O) groups excluding carboxylic acids is 1. The van der Waals surface area contributed by atoms with Crippen LogP contribution in [0.4, 0.5) is 0 Å². The van der Waals surface area contributed by atoms with Crippen LogP contribution in [0, 0.1) is 0 Å². The highest BCUT2D eigenvalue weighted by atomic mass is 32.2. The van der Waals surface area contributed by atoms with Gasteiger partial charge in [-0.25, -0.2) is 13.6 Å². The third-order valence-electron chi connectivity index (χ3n) is 4.14. The van der Waals surface area contributed by atoms with Gasteiger partial charge in [-0.05, 0) is 42.4 Å². The van der Waals surface area contributed by atoms with E-state index < -0.39 is 16.0 Å². The van der Waals surface area contributed by atoms with E-state index in [0.717, 1.165) is 16.0 Å². The van der Waals surface area contributed by atoms with Gasteiger partial charge in [0.15, 0.2) is 0 Å². The highest BCUT2D eigenvalue weighted by molar-refractivity contribution is 7.89. The van der Waals surface area contributed by atoms with Crippen molar-refractivity contribution < 1.29 is 23.1 Å². The summed E-state index contributed by atoms with van der Waals surface area (Å²) in [6, 6.07) is 19.4. The molecule has 2 aromatic carbocycles. The summed E-state index contributed by atoms with van der Waals surface area (Å²) in [6.45, 7) is 4.66. The molecule has 10 nitrogen and oxygen atoms in total. The number of hydrogen-bond donors (Lipinski definition) is 5. The Morgan fingerprint density at radius 3 is 2.08 bits per heavy atom. The molecule has 0 saturated carbocycles. The second-order valence-corrected chi connectivity index (χ2v) is 9.25. The summed E-state index contributed by atoms with van der Waals surface area (Å²) in [5, 5.41) is 16.0. The van der Waals surface area contributed by atoms with E-state index in [1.807, 2.05) is 44.2 Å². The summed E-state index contributed by atoms with van der Waals surface area (Å²) in [4.78, 5) is 28.0. The number of aliphatic carboxylic acids is 1. The molecule has 0 aliphatic heterocycles. The lowest BCUT2D eigenvalue weighted by molar-refractivity contribution is -0.136. The lowest BCUT2D eigenvalue weighted by atomic mass is 10.1. The summed E-state index contributed by atoms with van der Waals surface area (Å²) in [5.74, 6) is -1.19. The van der Waals surface area contributed by atoms with Gasteiger partial charge in [-0.1, -0.05) is 56.3 Å². The number of nitrogens with two attached hydrogens (primary N) is 3. The molecule has 202 valence electrons. The van der Waals surface area contributed by atoms with Gasteiger partial charge < -0.3 is 21.9 Å². The van der Waals surface area contributed by atoms with Gasteiger partial charge in [-0.15, -0.1) is 11.3 Å². The van der Waals surface area contributed by atoms with E-state index in [1.165, 1.54) is 36.9 Å². The number of nitrogens with zero attached hydrogens (tertiary/aromatic N) is 1. The maximum atomic E-state index is 11.9. The van der Waals surface area contributed by atoms with E-state index in [1.54, 1.807) is 24.3 Å². The van der Waals surface area contributed by atoms with Gasteiger partial charge in [0.1, 0.15) is 0 Å². The number of primary sulfonamides is 1. The molecule has 1 amide bonds. The molecular weight excluding hydrogens is 514 g/mol. The number of hydrogen-bond acceptors (Lipinski definition) is 7. The van der Waals surface area contributed by atoms with Crippen molar-refractivity contribution in [3.63, 3.8) is 0 Å². The number of thiophene rings is 1. The molecule has 3 rings (SSSR count). The number of rotatable bonds is 8. The third-order valence-corrected chi connectivity index (χ3v) is 6.21. The van der Waals surface area contributed by atoms with Crippen LogP contribution in [0.2, 0.25) is 0 Å². The Labute approximate surface area is 222 Å². The first kappa shape index (κ1) is 33.4. The topological polar surface area (TPSA) is 191 Å². The molecule has 3 aromatic rings. The quantitative estimate of drug-likeness (QED) is 0.210. The van der Waals surface area contributed by atoms with Crippen molar-refractivity contribution in [1.29, 1.82) is 0 Å². The van der Waals surface area contributed by atoms with Gasteiger partial charge >= 0.3 is 5.97 Å². The van der Waals surface area contributed by atoms with E-state index in [-0.39, 0.29) is 23.8 Å². The van der Waals surface area contributed by atoms with Crippen LogP contribution >= 0.6 is 11.3 Å². The molecule has 0 radical (unpaired) electrons. The van der Waals surface area contributed by atoms with Gasteiger partial charge in [-0.2, -0.15) is 0 Å². The van der Waals surface area contributed by atoms with Gasteiger partial charge in [0.25, 0.3) is 5.91 Å². The Morgan fingerprint density at radius 1 is 1.00 bits per heavy atom. The molecule has 0 bridgehead atoms. The Bertz CT molecular complexity index is 1200. The highest BCUT2D eigenvalue weighted by Gasteiger charge is 2.10. The minimum Gasteiger partial charge on any atom is -0.481 e. The largest absolute Gasteiger partial charge is 0.481 e. The molecule has 0 aliphatic rings. The number of aliphatic imine (C=N–C) groups is 1. The average molecular weight is 550 g/mol. The number of carbonyl (C=O) groups is 2. The molecule has 1 heterocycles. The van der Waals surface area contributed by atoms with Crippen molar-refractivity contribution in [1.82, 2.24) is 5.32 Å². The van der Waals surface area contributed by atoms with Crippen LogP contribution < -0.4 is 21.9 Å². The number of amides is 1. The van der Waals surface area contributed by atoms with Crippen molar-refractivity contribution in [3.05, 3.63) is 77.2 Å². The minimum atomic E-state index is -3.50. The maximum Gasteiger partial charge on any atom is 0.305 e. The monoisotopic (exact) mass is 549 g/mol. The van der Waals surface area contributed by atoms with Crippen molar-refractivity contribution in [2.45, 2.75) is 31.7 Å². The molecular formula is C25H35N5O5S2. The van der Waals surface area contributed by atoms with E-state index >= 15 is 0 Å². The first-order valence-corrected chi connectivity index (χ1v) is 13.6. The van der Waals surface area contributed by atoms with Crippen molar-refractivity contribution in [3.8, 4) is 10.4 Å². The SMILES string of the molecule is CC.CN.NC=NCc1ccc(-c2ccc(C(=O)NCCC(=O)O)s2)cc1.NS(=O)(=O)c1ccccc1. The van der Waals surface area contributed by atoms with E-state index in [2.05, 4.69) is 16.0 Å². The van der Waals surface area contributed by atoms with Crippen LogP contribution in [0.25, 0.3) is 10.4 Å². The lowest BCUT2D eigenvalue weighted by Crippen LogP contribution is -2.25. The Kier molecular flexibility index (Phi) is 16.9. The van der Waals surface area contributed by atoms with E-state index in [9.17, 15) is 18.0 Å². The molecule has 0 saturated heterocycles. The first-order chi connectivity index (χ1) is 17.7. The van der Waals surface area contributed by atoms with Crippen molar-refractivity contribution in [2.75, 3.05) is 13.6 Å². The number of nitrogens with one attached hydrogen (secondary N) is 1. The zero-order valence-corrected chi connectivity index (χ0v) is 22.8. The summed E-state index contributed by atoms with van der Waals surface area (Å²) in [7, 11) is -2.00. The maximum absolute atomic E-state index is 11.9. The first-order valence-electron chi connectivity index (χ1n) is 11.3. The molecule has 1 aromatic heterocycles. The Morgan fingerprint density at radius 2 is 1.59 bits per heavy atom. The van der Waals surface area contributed by atoms with Gasteiger partial charge in [0.2, 0.25) is 10.0 Å². The van der Waals surface area contributed by atoms with E-state index in [4.69, 9.17) is 16.0 Å². The summed E-state index contributed by atoms with van der Waals surface area (Å²) < 4.78 is 21.2. The Balaban J connectivity index is 0.000000771. The number of carboxylic acids is 1. The van der Waals surface area contributed by atoms with Crippen LogP contribution in [0.5, 0.6) is 0 Å². The normalized spacial score (nSPS) is 10.1. The Hall–Kier alpha value is -3.58. The molecule has 0 unspecified atom stereocenters. The third kappa shape index (κ3) is 13.3. The van der Waals surface area contributed by atoms with Crippen LogP contribution in [0.1, 0.15) is 35.5 Å². The summed E-state index contributed by atoms with van der Waals surface area (Å²) in [6.07, 6.45) is 1.19. The van der Waals surface area contributed by atoms with E-state index in [0.29, 0.717) is 11.4 Å². The molecule has 0 aliphatic carbocycles. The average Bonchev–Trinajstić information content (AvgIpc) is 3.41. The number of carboxylic acid groups (broad SMARTS) is 1. The lowest BCUT2D eigenvalue weighted by Gasteiger charge is -2.01. The summed E-state index contributed by atoms with van der Waals surface area (Å²) >= 11 is 1.37. The number of benzene rings is 2. The minimum absolute atomic E-state index is 0.0866.